The Morgan fingerprint density at radius 1 is 1.58 bits per heavy atom. The molecule has 1 atom stereocenters. The highest BCUT2D eigenvalue weighted by Crippen LogP contribution is 2.12. The number of carbonyl (C=O) groups is 1. The molecule has 1 unspecified atom stereocenters. The first kappa shape index (κ1) is 8.85. The second-order valence-corrected chi connectivity index (χ2v) is 2.97. The summed E-state index contributed by atoms with van der Waals surface area (Å²) in [5, 5.41) is 8.73. The second kappa shape index (κ2) is 3.43. The molecule has 0 aliphatic rings. The van der Waals surface area contributed by atoms with Crippen LogP contribution < -0.4 is 5.46 Å². The van der Waals surface area contributed by atoms with Crippen LogP contribution in [0.15, 0.2) is 24.3 Å². The molecule has 0 saturated heterocycles. The van der Waals surface area contributed by atoms with Crippen molar-refractivity contribution in [2.45, 2.75) is 12.8 Å². The Bertz CT molecular complexity index is 296. The van der Waals surface area contributed by atoms with Crippen LogP contribution in [-0.4, -0.2) is 18.9 Å². The number of aliphatic carboxylic acids is 1. The van der Waals surface area contributed by atoms with Crippen molar-refractivity contribution < 1.29 is 9.90 Å². The third-order valence-corrected chi connectivity index (χ3v) is 1.91. The first-order chi connectivity index (χ1) is 5.61. The van der Waals surface area contributed by atoms with Crippen molar-refractivity contribution >= 4 is 19.3 Å². The lowest BCUT2D eigenvalue weighted by atomic mass is 9.91. The summed E-state index contributed by atoms with van der Waals surface area (Å²) >= 11 is 0. The highest BCUT2D eigenvalue weighted by molar-refractivity contribution is 6.32. The zero-order chi connectivity index (χ0) is 9.14. The summed E-state index contributed by atoms with van der Waals surface area (Å²) in [4.78, 5) is 10.6. The molecule has 2 nitrogen and oxygen atoms in total. The van der Waals surface area contributed by atoms with Crippen molar-refractivity contribution in [3.8, 4) is 0 Å². The van der Waals surface area contributed by atoms with E-state index in [0.29, 0.717) is 0 Å². The molecule has 3 heteroatoms. The van der Waals surface area contributed by atoms with E-state index in [1.54, 1.807) is 6.92 Å². The van der Waals surface area contributed by atoms with Crippen LogP contribution in [0.4, 0.5) is 0 Å². The smallest absolute Gasteiger partial charge is 0.310 e. The Balaban J connectivity index is 2.95. The minimum Gasteiger partial charge on any atom is -0.481 e. The fraction of sp³-hybridized carbons (Fsp3) is 0.222. The molecule has 0 aromatic heterocycles. The average molecular weight is 162 g/mol. The van der Waals surface area contributed by atoms with Gasteiger partial charge >= 0.3 is 5.97 Å². The first-order valence-electron chi connectivity index (χ1n) is 3.90. The molecular weight excluding hydrogens is 151 g/mol. The maximum Gasteiger partial charge on any atom is 0.310 e. The molecule has 0 heterocycles. The zero-order valence-corrected chi connectivity index (χ0v) is 7.24. The molecule has 0 bridgehead atoms. The van der Waals surface area contributed by atoms with E-state index in [4.69, 9.17) is 5.11 Å². The Kier molecular flexibility index (Phi) is 2.53. The number of benzene rings is 1. The van der Waals surface area contributed by atoms with Crippen LogP contribution in [0.1, 0.15) is 18.4 Å². The molecule has 0 aliphatic carbocycles. The van der Waals surface area contributed by atoms with Gasteiger partial charge in [-0.2, -0.15) is 0 Å². The summed E-state index contributed by atoms with van der Waals surface area (Å²) in [6.07, 6.45) is 0. The van der Waals surface area contributed by atoms with Crippen molar-refractivity contribution in [2.24, 2.45) is 0 Å². The number of hydrogen-bond donors (Lipinski definition) is 1. The van der Waals surface area contributed by atoms with Gasteiger partial charge in [0.1, 0.15) is 7.85 Å². The van der Waals surface area contributed by atoms with Gasteiger partial charge in [0.25, 0.3) is 0 Å². The quantitative estimate of drug-likeness (QED) is 0.627. The molecular formula is C9H11BO2. The van der Waals surface area contributed by atoms with Gasteiger partial charge in [-0.15, -0.1) is 0 Å². The molecule has 1 rings (SSSR count). The Morgan fingerprint density at radius 2 is 2.25 bits per heavy atom. The Hall–Kier alpha value is -1.25. The van der Waals surface area contributed by atoms with Crippen LogP contribution in [0.2, 0.25) is 0 Å². The summed E-state index contributed by atoms with van der Waals surface area (Å²) in [7, 11) is 1.96. The molecule has 62 valence electrons. The lowest BCUT2D eigenvalue weighted by Crippen LogP contribution is -2.10. The standard InChI is InChI=1S/C9H11BO2/c1-6(9(11)12)7-3-2-4-8(10)5-7/h2-6H,10H2,1H3,(H,11,12). The van der Waals surface area contributed by atoms with Crippen LogP contribution in [-0.2, 0) is 4.79 Å². The van der Waals surface area contributed by atoms with Crippen LogP contribution >= 0.6 is 0 Å². The monoisotopic (exact) mass is 162 g/mol. The lowest BCUT2D eigenvalue weighted by Gasteiger charge is -2.06. The van der Waals surface area contributed by atoms with E-state index in [9.17, 15) is 4.79 Å². The molecule has 0 amide bonds. The maximum absolute atomic E-state index is 10.6. The van der Waals surface area contributed by atoms with Crippen LogP contribution in [0.25, 0.3) is 0 Å². The van der Waals surface area contributed by atoms with Crippen molar-refractivity contribution in [3.05, 3.63) is 29.8 Å². The molecule has 0 radical (unpaired) electrons. The average Bonchev–Trinajstić information content (AvgIpc) is 2.03. The molecule has 0 saturated carbocycles. The highest BCUT2D eigenvalue weighted by atomic mass is 16.4. The predicted octanol–water partition coefficient (Wildman–Crippen LogP) is 0.133. The van der Waals surface area contributed by atoms with E-state index in [-0.39, 0.29) is 0 Å². The SMILES string of the molecule is Bc1cccc(C(C)C(=O)O)c1. The minimum absolute atomic E-state index is 0.412. The molecule has 0 aliphatic heterocycles. The van der Waals surface area contributed by atoms with Gasteiger partial charge in [0.2, 0.25) is 0 Å². The van der Waals surface area contributed by atoms with Crippen molar-refractivity contribution in [1.82, 2.24) is 0 Å². The molecule has 1 N–H and O–H groups in total. The van der Waals surface area contributed by atoms with Gasteiger partial charge in [0.05, 0.1) is 5.92 Å². The maximum atomic E-state index is 10.6. The normalized spacial score (nSPS) is 12.4. The van der Waals surface area contributed by atoms with E-state index in [2.05, 4.69) is 0 Å². The third kappa shape index (κ3) is 1.88. The van der Waals surface area contributed by atoms with E-state index in [0.717, 1.165) is 11.0 Å². The van der Waals surface area contributed by atoms with Crippen molar-refractivity contribution in [1.29, 1.82) is 0 Å². The van der Waals surface area contributed by atoms with E-state index in [1.807, 2.05) is 32.1 Å². The van der Waals surface area contributed by atoms with E-state index < -0.39 is 11.9 Å². The van der Waals surface area contributed by atoms with Crippen LogP contribution in [0.3, 0.4) is 0 Å². The molecule has 0 spiro atoms. The number of carboxylic acid groups (broad SMARTS) is 1. The van der Waals surface area contributed by atoms with E-state index >= 15 is 0 Å². The van der Waals surface area contributed by atoms with Crippen LogP contribution in [0.5, 0.6) is 0 Å². The summed E-state index contributed by atoms with van der Waals surface area (Å²) in [5.74, 6) is -1.19. The van der Waals surface area contributed by atoms with Gasteiger partial charge in [-0.3, -0.25) is 4.79 Å². The van der Waals surface area contributed by atoms with Gasteiger partial charge < -0.3 is 5.11 Å². The fourth-order valence-electron chi connectivity index (χ4n) is 1.08. The first-order valence-corrected chi connectivity index (χ1v) is 3.90. The minimum atomic E-state index is -0.777. The predicted molar refractivity (Wildman–Crippen MR) is 50.7 cm³/mol. The number of rotatable bonds is 2. The van der Waals surface area contributed by atoms with Crippen molar-refractivity contribution in [3.63, 3.8) is 0 Å². The van der Waals surface area contributed by atoms with E-state index in [1.165, 1.54) is 0 Å². The topological polar surface area (TPSA) is 37.3 Å². The Morgan fingerprint density at radius 3 is 2.75 bits per heavy atom. The summed E-state index contributed by atoms with van der Waals surface area (Å²) < 4.78 is 0. The van der Waals surface area contributed by atoms with Gasteiger partial charge in [-0.1, -0.05) is 29.7 Å². The zero-order valence-electron chi connectivity index (χ0n) is 7.24. The number of carboxylic acids is 1. The molecule has 1 aromatic carbocycles. The summed E-state index contributed by atoms with van der Waals surface area (Å²) in [5.41, 5.74) is 1.96. The summed E-state index contributed by atoms with van der Waals surface area (Å²) in [6, 6.07) is 7.58. The van der Waals surface area contributed by atoms with Gasteiger partial charge in [-0.05, 0) is 12.5 Å². The van der Waals surface area contributed by atoms with Crippen molar-refractivity contribution in [2.75, 3.05) is 0 Å². The fourth-order valence-corrected chi connectivity index (χ4v) is 1.08. The van der Waals surface area contributed by atoms with Gasteiger partial charge in [0, 0.05) is 0 Å². The lowest BCUT2D eigenvalue weighted by molar-refractivity contribution is -0.138. The molecule has 12 heavy (non-hydrogen) atoms. The molecule has 0 fully saturated rings. The Labute approximate surface area is 72.6 Å². The highest BCUT2D eigenvalue weighted by Gasteiger charge is 2.12. The van der Waals surface area contributed by atoms with Gasteiger partial charge in [-0.25, -0.2) is 0 Å². The third-order valence-electron chi connectivity index (χ3n) is 1.91. The molecule has 1 aromatic rings. The van der Waals surface area contributed by atoms with Gasteiger partial charge in [0.15, 0.2) is 0 Å². The summed E-state index contributed by atoms with van der Waals surface area (Å²) in [6.45, 7) is 1.69. The number of hydrogen-bond acceptors (Lipinski definition) is 1. The largest absolute Gasteiger partial charge is 0.481 e. The van der Waals surface area contributed by atoms with Crippen LogP contribution in [0, 0.1) is 0 Å². The second-order valence-electron chi connectivity index (χ2n) is 2.97.